The summed E-state index contributed by atoms with van der Waals surface area (Å²) in [5, 5.41) is 11.5. The topological polar surface area (TPSA) is 130 Å². The van der Waals surface area contributed by atoms with Gasteiger partial charge >= 0.3 is 5.97 Å². The lowest BCUT2D eigenvalue weighted by molar-refractivity contribution is -0.161. The number of hydrogen-bond acceptors (Lipinski definition) is 10. The molecule has 0 unspecified atom stereocenters. The Morgan fingerprint density at radius 3 is 2.12 bits per heavy atom. The summed E-state index contributed by atoms with van der Waals surface area (Å²) in [5.41, 5.74) is 0.908. The third-order valence-electron chi connectivity index (χ3n) is 6.79. The van der Waals surface area contributed by atoms with Gasteiger partial charge in [-0.15, -0.1) is 0 Å². The van der Waals surface area contributed by atoms with Crippen LogP contribution in [0.1, 0.15) is 25.8 Å². The van der Waals surface area contributed by atoms with E-state index in [0.717, 1.165) is 5.56 Å². The molecule has 1 N–H and O–H groups in total. The Morgan fingerprint density at radius 1 is 0.930 bits per heavy atom. The van der Waals surface area contributed by atoms with Crippen LogP contribution in [-0.2, 0) is 44.9 Å². The van der Waals surface area contributed by atoms with Crippen LogP contribution in [0.2, 0.25) is 0 Å². The summed E-state index contributed by atoms with van der Waals surface area (Å²) in [7, 11) is -2.44. The van der Waals surface area contributed by atoms with Gasteiger partial charge in [-0.3, -0.25) is 4.79 Å². The van der Waals surface area contributed by atoms with Crippen LogP contribution in [0.5, 0.6) is 5.75 Å². The van der Waals surface area contributed by atoms with Gasteiger partial charge in [0.25, 0.3) is 0 Å². The number of benzene rings is 2. The number of sulfonamides is 1. The molecular weight excluding hydrogens is 578 g/mol. The average molecular weight is 624 g/mol. The summed E-state index contributed by atoms with van der Waals surface area (Å²) in [5.74, 6) is -0.625. The van der Waals surface area contributed by atoms with Crippen LogP contribution in [0.15, 0.2) is 59.5 Å². The zero-order valence-electron chi connectivity index (χ0n) is 25.3. The van der Waals surface area contributed by atoms with E-state index >= 15 is 0 Å². The SMILES string of the molecule is COc1ccc(S(=O)(=O)N(CC(C)C)C[C@@H](O)[C@@H](CC(=O)OC2COCCOCOCCOC2)Cc2ccccc2)cc1. The summed E-state index contributed by atoms with van der Waals surface area (Å²) >= 11 is 0. The van der Waals surface area contributed by atoms with Crippen molar-refractivity contribution in [3.05, 3.63) is 60.2 Å². The molecule has 0 saturated carbocycles. The molecule has 11 nitrogen and oxygen atoms in total. The smallest absolute Gasteiger partial charge is 0.306 e. The minimum Gasteiger partial charge on any atom is -0.497 e. The van der Waals surface area contributed by atoms with Gasteiger partial charge in [-0.1, -0.05) is 44.2 Å². The fraction of sp³-hybridized carbons (Fsp3) is 0.581. The Morgan fingerprint density at radius 2 is 1.53 bits per heavy atom. The first-order chi connectivity index (χ1) is 20.7. The van der Waals surface area contributed by atoms with E-state index in [0.29, 0.717) is 38.6 Å². The van der Waals surface area contributed by atoms with Crippen molar-refractivity contribution in [2.75, 3.05) is 66.6 Å². The molecule has 1 fully saturated rings. The molecule has 240 valence electrons. The molecule has 1 aliphatic heterocycles. The number of carbonyl (C=O) groups excluding carboxylic acids is 1. The predicted molar refractivity (Wildman–Crippen MR) is 159 cm³/mol. The summed E-state index contributed by atoms with van der Waals surface area (Å²) in [4.78, 5) is 13.3. The van der Waals surface area contributed by atoms with Crippen LogP contribution in [0, 0.1) is 11.8 Å². The third-order valence-corrected chi connectivity index (χ3v) is 8.63. The van der Waals surface area contributed by atoms with E-state index in [-0.39, 0.29) is 50.3 Å². The first kappa shape index (κ1) is 34.9. The fourth-order valence-corrected chi connectivity index (χ4v) is 6.22. The molecule has 1 heterocycles. The first-order valence-corrected chi connectivity index (χ1v) is 16.0. The molecule has 2 atom stereocenters. The molecule has 0 bridgehead atoms. The van der Waals surface area contributed by atoms with Gasteiger partial charge in [-0.25, -0.2) is 8.42 Å². The van der Waals surface area contributed by atoms with Crippen molar-refractivity contribution in [1.82, 2.24) is 4.31 Å². The van der Waals surface area contributed by atoms with E-state index < -0.39 is 34.1 Å². The maximum atomic E-state index is 13.7. The van der Waals surface area contributed by atoms with E-state index in [9.17, 15) is 18.3 Å². The molecule has 0 spiro atoms. The minimum atomic E-state index is -3.95. The number of rotatable bonds is 13. The second-order valence-electron chi connectivity index (χ2n) is 10.8. The molecule has 0 aliphatic carbocycles. The molecule has 2 aromatic carbocycles. The van der Waals surface area contributed by atoms with Gasteiger partial charge < -0.3 is 33.5 Å². The van der Waals surface area contributed by atoms with Gasteiger partial charge in [-0.05, 0) is 42.2 Å². The van der Waals surface area contributed by atoms with Crippen molar-refractivity contribution in [2.45, 2.75) is 43.8 Å². The van der Waals surface area contributed by atoms with Crippen molar-refractivity contribution >= 4 is 16.0 Å². The molecule has 2 aromatic rings. The largest absolute Gasteiger partial charge is 0.497 e. The minimum absolute atomic E-state index is 0.00495. The van der Waals surface area contributed by atoms with Crippen molar-refractivity contribution in [3.8, 4) is 5.75 Å². The lowest BCUT2D eigenvalue weighted by Crippen LogP contribution is -2.43. The van der Waals surface area contributed by atoms with Crippen molar-refractivity contribution in [3.63, 3.8) is 0 Å². The molecule has 0 radical (unpaired) electrons. The van der Waals surface area contributed by atoms with Crippen molar-refractivity contribution in [2.24, 2.45) is 11.8 Å². The second-order valence-corrected chi connectivity index (χ2v) is 12.7. The van der Waals surface area contributed by atoms with Gasteiger partial charge in [0.2, 0.25) is 10.0 Å². The van der Waals surface area contributed by atoms with Gasteiger partial charge in [0.15, 0.2) is 0 Å². The highest BCUT2D eigenvalue weighted by atomic mass is 32.2. The first-order valence-electron chi connectivity index (χ1n) is 14.6. The zero-order chi connectivity index (χ0) is 31.1. The van der Waals surface area contributed by atoms with Gasteiger partial charge in [-0.2, -0.15) is 4.31 Å². The van der Waals surface area contributed by atoms with E-state index in [1.54, 1.807) is 12.1 Å². The normalized spacial score (nSPS) is 17.5. The fourth-order valence-electron chi connectivity index (χ4n) is 4.60. The van der Waals surface area contributed by atoms with Gasteiger partial charge in [0.05, 0.1) is 64.2 Å². The van der Waals surface area contributed by atoms with Gasteiger partial charge in [0, 0.05) is 19.0 Å². The number of nitrogens with zero attached hydrogens (tertiary/aromatic N) is 1. The molecule has 1 saturated heterocycles. The Kier molecular flexibility index (Phi) is 14.8. The summed E-state index contributed by atoms with van der Waals surface area (Å²) in [6.45, 7) is 5.55. The number of methoxy groups -OCH3 is 1. The Bertz CT molecular complexity index is 1160. The van der Waals surface area contributed by atoms with Crippen LogP contribution in [-0.4, -0.2) is 103 Å². The van der Waals surface area contributed by atoms with Crippen molar-refractivity contribution in [1.29, 1.82) is 0 Å². The number of ether oxygens (including phenoxy) is 6. The number of hydrogen-bond donors (Lipinski definition) is 1. The average Bonchev–Trinajstić information content (AvgIpc) is 2.98. The maximum Gasteiger partial charge on any atom is 0.306 e. The third kappa shape index (κ3) is 12.1. The summed E-state index contributed by atoms with van der Waals surface area (Å²) in [6.07, 6.45) is -1.59. The molecule has 43 heavy (non-hydrogen) atoms. The predicted octanol–water partition coefficient (Wildman–Crippen LogP) is 2.90. The lowest BCUT2D eigenvalue weighted by atomic mass is 9.90. The number of carbonyl (C=O) groups is 1. The maximum absolute atomic E-state index is 13.7. The zero-order valence-corrected chi connectivity index (χ0v) is 26.1. The molecule has 0 aromatic heterocycles. The monoisotopic (exact) mass is 623 g/mol. The lowest BCUT2D eigenvalue weighted by Gasteiger charge is -2.30. The van der Waals surface area contributed by atoms with Crippen LogP contribution in [0.25, 0.3) is 0 Å². The molecule has 1 aliphatic rings. The highest BCUT2D eigenvalue weighted by Gasteiger charge is 2.32. The summed E-state index contributed by atoms with van der Waals surface area (Å²) in [6, 6.07) is 15.6. The van der Waals surface area contributed by atoms with Crippen LogP contribution in [0.4, 0.5) is 0 Å². The Hall–Kier alpha value is -2.58. The highest BCUT2D eigenvalue weighted by Crippen LogP contribution is 2.24. The number of aliphatic hydroxyl groups excluding tert-OH is 1. The van der Waals surface area contributed by atoms with E-state index in [2.05, 4.69) is 0 Å². The molecule has 3 rings (SSSR count). The summed E-state index contributed by atoms with van der Waals surface area (Å²) < 4.78 is 61.2. The van der Waals surface area contributed by atoms with Crippen LogP contribution >= 0.6 is 0 Å². The van der Waals surface area contributed by atoms with Crippen molar-refractivity contribution < 1.29 is 46.7 Å². The Labute approximate surface area is 255 Å². The van der Waals surface area contributed by atoms with Gasteiger partial charge in [0.1, 0.15) is 18.6 Å². The Balaban J connectivity index is 1.75. The van der Waals surface area contributed by atoms with Crippen LogP contribution in [0.3, 0.4) is 0 Å². The van der Waals surface area contributed by atoms with E-state index in [4.69, 9.17) is 28.4 Å². The second kappa shape index (κ2) is 18.3. The molecular formula is C31H45NO10S. The van der Waals surface area contributed by atoms with E-state index in [1.165, 1.54) is 23.5 Å². The standard InChI is InChI=1S/C31H45NO10S/c1-24(2)19-32(43(35,36)29-11-9-27(37-3)10-12-29)20-30(33)26(17-25-7-5-4-6-8-25)18-31(34)42-28-21-38-13-15-40-23-41-16-14-39-22-28/h4-12,24,26,28,30,33H,13-23H2,1-3H3/t26-,30-/m1/s1. The van der Waals surface area contributed by atoms with E-state index in [1.807, 2.05) is 44.2 Å². The molecule has 0 amide bonds. The highest BCUT2D eigenvalue weighted by molar-refractivity contribution is 7.89. The van der Waals surface area contributed by atoms with Crippen LogP contribution < -0.4 is 4.74 Å². The quantitative estimate of drug-likeness (QED) is 0.333. The number of esters is 1. The molecule has 12 heteroatoms. The number of aliphatic hydroxyl groups is 1.